The first kappa shape index (κ1) is 12.9. The number of methoxy groups -OCH3 is 1. The van der Waals surface area contributed by atoms with Crippen LogP contribution >= 0.6 is 0 Å². The van der Waals surface area contributed by atoms with Gasteiger partial charge in [0.15, 0.2) is 0 Å². The molecule has 1 aromatic heterocycles. The van der Waals surface area contributed by atoms with Crippen LogP contribution in [0, 0.1) is 6.92 Å². The molecule has 1 aliphatic carbocycles. The predicted molar refractivity (Wildman–Crippen MR) is 59.6 cm³/mol. The average molecular weight is 256 g/mol. The van der Waals surface area contributed by atoms with Gasteiger partial charge in [-0.05, 0) is 13.3 Å². The number of aromatic nitrogens is 2. The molecule has 0 saturated heterocycles. The number of halogens is 2. The van der Waals surface area contributed by atoms with Gasteiger partial charge in [0, 0.05) is 25.0 Å². The lowest BCUT2D eigenvalue weighted by Crippen LogP contribution is -2.14. The lowest BCUT2D eigenvalue weighted by atomic mass is 9.99. The van der Waals surface area contributed by atoms with Crippen molar-refractivity contribution in [2.75, 3.05) is 7.11 Å². The van der Waals surface area contributed by atoms with E-state index >= 15 is 0 Å². The lowest BCUT2D eigenvalue weighted by Gasteiger charge is -2.13. The van der Waals surface area contributed by atoms with Crippen molar-refractivity contribution in [2.24, 2.45) is 0 Å². The van der Waals surface area contributed by atoms with Crippen LogP contribution in [0.5, 0.6) is 0 Å². The molecule has 1 aromatic rings. The molecule has 0 aromatic carbocycles. The minimum atomic E-state index is -2.67. The van der Waals surface area contributed by atoms with Gasteiger partial charge in [-0.25, -0.2) is 23.5 Å². The highest BCUT2D eigenvalue weighted by Crippen LogP contribution is 2.44. The fourth-order valence-corrected chi connectivity index (χ4v) is 2.25. The Hall–Kier alpha value is -1.59. The summed E-state index contributed by atoms with van der Waals surface area (Å²) in [6.45, 7) is 1.66. The maximum Gasteiger partial charge on any atom is 0.341 e. The third kappa shape index (κ3) is 2.47. The Labute approximate surface area is 103 Å². The maximum atomic E-state index is 13.2. The van der Waals surface area contributed by atoms with Gasteiger partial charge in [-0.3, -0.25) is 0 Å². The second-order valence-electron chi connectivity index (χ2n) is 4.50. The Morgan fingerprint density at radius 3 is 2.83 bits per heavy atom. The summed E-state index contributed by atoms with van der Waals surface area (Å²) in [5.41, 5.74) is 0.567. The van der Waals surface area contributed by atoms with E-state index in [1.807, 2.05) is 0 Å². The van der Waals surface area contributed by atoms with Gasteiger partial charge in [0.2, 0.25) is 5.92 Å². The molecular formula is C12H14F2N2O2. The molecular weight excluding hydrogens is 242 g/mol. The van der Waals surface area contributed by atoms with Gasteiger partial charge in [0.1, 0.15) is 5.82 Å². The molecule has 1 atom stereocenters. The van der Waals surface area contributed by atoms with Gasteiger partial charge >= 0.3 is 5.97 Å². The summed E-state index contributed by atoms with van der Waals surface area (Å²) in [6.07, 6.45) is 1.24. The first-order valence-corrected chi connectivity index (χ1v) is 5.72. The Morgan fingerprint density at radius 2 is 2.28 bits per heavy atom. The van der Waals surface area contributed by atoms with Gasteiger partial charge in [-0.2, -0.15) is 0 Å². The van der Waals surface area contributed by atoms with Crippen LogP contribution in [0.1, 0.15) is 47.1 Å². The number of alkyl halides is 2. The lowest BCUT2D eigenvalue weighted by molar-refractivity contribution is 0.00754. The summed E-state index contributed by atoms with van der Waals surface area (Å²) >= 11 is 0. The zero-order valence-electron chi connectivity index (χ0n) is 10.2. The zero-order valence-corrected chi connectivity index (χ0v) is 10.2. The molecule has 0 radical (unpaired) electrons. The monoisotopic (exact) mass is 256 g/mol. The minimum absolute atomic E-state index is 0.165. The number of hydrogen-bond acceptors (Lipinski definition) is 4. The average Bonchev–Trinajstić information content (AvgIpc) is 2.68. The fourth-order valence-electron chi connectivity index (χ4n) is 2.25. The molecule has 1 heterocycles. The smallest absolute Gasteiger partial charge is 0.341 e. The number of ether oxygens (including phenoxy) is 1. The molecule has 4 nitrogen and oxygen atoms in total. The van der Waals surface area contributed by atoms with Crippen LogP contribution in [0.25, 0.3) is 0 Å². The van der Waals surface area contributed by atoms with Crippen molar-refractivity contribution in [3.8, 4) is 0 Å². The number of aryl methyl sites for hydroxylation is 1. The highest BCUT2D eigenvalue weighted by atomic mass is 19.3. The molecule has 1 aliphatic rings. The van der Waals surface area contributed by atoms with Crippen molar-refractivity contribution in [2.45, 2.75) is 38.0 Å². The predicted octanol–water partition coefficient (Wildman–Crippen LogP) is 2.47. The number of nitrogens with zero attached hydrogens (tertiary/aromatic N) is 2. The summed E-state index contributed by atoms with van der Waals surface area (Å²) in [4.78, 5) is 19.6. The molecule has 0 aliphatic heterocycles. The number of rotatable bonds is 2. The molecule has 2 rings (SSSR count). The Morgan fingerprint density at radius 1 is 1.56 bits per heavy atom. The van der Waals surface area contributed by atoms with Crippen LogP contribution in [0.3, 0.4) is 0 Å². The van der Waals surface area contributed by atoms with Crippen molar-refractivity contribution < 1.29 is 18.3 Å². The third-order valence-corrected chi connectivity index (χ3v) is 3.13. The molecule has 1 fully saturated rings. The topological polar surface area (TPSA) is 52.1 Å². The second kappa shape index (κ2) is 4.59. The van der Waals surface area contributed by atoms with Gasteiger partial charge in [-0.15, -0.1) is 0 Å². The fraction of sp³-hybridized carbons (Fsp3) is 0.583. The Balaban J connectivity index is 2.37. The number of hydrogen-bond donors (Lipinski definition) is 0. The SMILES string of the molecule is COC(=O)c1cnc(C)nc1C1CCC(F)(F)C1. The highest BCUT2D eigenvalue weighted by Gasteiger charge is 2.42. The van der Waals surface area contributed by atoms with Gasteiger partial charge < -0.3 is 4.74 Å². The molecule has 0 bridgehead atoms. The van der Waals surface area contributed by atoms with Crippen molar-refractivity contribution >= 4 is 5.97 Å². The van der Waals surface area contributed by atoms with E-state index in [4.69, 9.17) is 0 Å². The van der Waals surface area contributed by atoms with E-state index in [9.17, 15) is 13.6 Å². The Bertz CT molecular complexity index is 477. The third-order valence-electron chi connectivity index (χ3n) is 3.13. The van der Waals surface area contributed by atoms with E-state index in [1.165, 1.54) is 13.3 Å². The van der Waals surface area contributed by atoms with Gasteiger partial charge in [-0.1, -0.05) is 0 Å². The van der Waals surface area contributed by atoms with Crippen molar-refractivity contribution in [3.05, 3.63) is 23.3 Å². The van der Waals surface area contributed by atoms with Crippen molar-refractivity contribution in [1.29, 1.82) is 0 Å². The zero-order chi connectivity index (χ0) is 13.3. The number of carbonyl (C=O) groups excluding carboxylic acids is 1. The summed E-state index contributed by atoms with van der Waals surface area (Å²) < 4.78 is 31.1. The molecule has 6 heteroatoms. The Kier molecular flexibility index (Phi) is 3.28. The molecule has 0 N–H and O–H groups in total. The quantitative estimate of drug-likeness (QED) is 0.763. The van der Waals surface area contributed by atoms with Crippen LogP contribution < -0.4 is 0 Å². The summed E-state index contributed by atoms with van der Waals surface area (Å²) in [5, 5.41) is 0. The molecule has 98 valence electrons. The molecule has 18 heavy (non-hydrogen) atoms. The van der Waals surface area contributed by atoms with E-state index in [1.54, 1.807) is 6.92 Å². The van der Waals surface area contributed by atoms with Crippen molar-refractivity contribution in [3.63, 3.8) is 0 Å². The summed E-state index contributed by atoms with van der Waals surface area (Å²) in [5.74, 6) is -3.19. The number of carbonyl (C=O) groups is 1. The minimum Gasteiger partial charge on any atom is -0.465 e. The van der Waals surface area contributed by atoms with Crippen LogP contribution in [-0.4, -0.2) is 29.0 Å². The molecule has 1 saturated carbocycles. The second-order valence-corrected chi connectivity index (χ2v) is 4.50. The van der Waals surface area contributed by atoms with Crippen molar-refractivity contribution in [1.82, 2.24) is 9.97 Å². The number of esters is 1. The van der Waals surface area contributed by atoms with E-state index < -0.39 is 17.8 Å². The first-order chi connectivity index (χ1) is 8.43. The van der Waals surface area contributed by atoms with E-state index in [0.29, 0.717) is 17.9 Å². The van der Waals surface area contributed by atoms with E-state index in [0.717, 1.165) is 0 Å². The van der Waals surface area contributed by atoms with E-state index in [-0.39, 0.29) is 18.4 Å². The first-order valence-electron chi connectivity index (χ1n) is 5.72. The molecule has 0 amide bonds. The maximum absolute atomic E-state index is 13.2. The van der Waals surface area contributed by atoms with Crippen LogP contribution in [-0.2, 0) is 4.74 Å². The molecule has 1 unspecified atom stereocenters. The van der Waals surface area contributed by atoms with Crippen LogP contribution in [0.2, 0.25) is 0 Å². The highest BCUT2D eigenvalue weighted by molar-refractivity contribution is 5.90. The normalized spacial score (nSPS) is 21.9. The van der Waals surface area contributed by atoms with Crippen LogP contribution in [0.4, 0.5) is 8.78 Å². The van der Waals surface area contributed by atoms with Crippen LogP contribution in [0.15, 0.2) is 6.20 Å². The summed E-state index contributed by atoms with van der Waals surface area (Å²) in [6, 6.07) is 0. The van der Waals surface area contributed by atoms with Gasteiger partial charge in [0.25, 0.3) is 0 Å². The van der Waals surface area contributed by atoms with Gasteiger partial charge in [0.05, 0.1) is 18.4 Å². The summed E-state index contributed by atoms with van der Waals surface area (Å²) in [7, 11) is 1.25. The largest absolute Gasteiger partial charge is 0.465 e. The van der Waals surface area contributed by atoms with E-state index in [2.05, 4.69) is 14.7 Å². The standard InChI is InChI=1S/C12H14F2N2O2/c1-7-15-6-9(11(17)18-2)10(16-7)8-3-4-12(13,14)5-8/h6,8H,3-5H2,1-2H3. The molecule has 0 spiro atoms.